The molecule has 0 aromatic heterocycles. The van der Waals surface area contributed by atoms with Gasteiger partial charge in [-0.2, -0.15) is 0 Å². The molecule has 0 heteroatoms. The largest absolute Gasteiger partial charge is 0.0623 e. The minimum atomic E-state index is 1.21. The highest BCUT2D eigenvalue weighted by Gasteiger charge is 1.69. The van der Waals surface area contributed by atoms with Crippen LogP contribution in [0.25, 0.3) is 0 Å². The van der Waals surface area contributed by atoms with Gasteiger partial charge >= 0.3 is 0 Å². The fraction of sp³-hybridized carbons (Fsp3) is 0.0435. The Morgan fingerprint density at radius 3 is 0.696 bits per heavy atom. The first-order valence-corrected chi connectivity index (χ1v) is 7.74. The third-order valence-electron chi connectivity index (χ3n) is 2.72. The van der Waals surface area contributed by atoms with E-state index in [1.165, 1.54) is 5.56 Å². The number of hydrogen-bond acceptors (Lipinski definition) is 0. The zero-order chi connectivity index (χ0) is 16.4. The van der Waals surface area contributed by atoms with Crippen molar-refractivity contribution >= 4 is 0 Å². The first kappa shape index (κ1) is 18.2. The Morgan fingerprint density at radius 1 is 0.304 bits per heavy atom. The van der Waals surface area contributed by atoms with Crippen LogP contribution in [0.15, 0.2) is 127 Å². The van der Waals surface area contributed by atoms with Gasteiger partial charge in [-0.3, -0.25) is 0 Å². The molecule has 0 N–H and O–H groups in total. The van der Waals surface area contributed by atoms with E-state index in [0.29, 0.717) is 0 Å². The van der Waals surface area contributed by atoms with Crippen molar-refractivity contribution in [1.29, 1.82) is 0 Å². The Hall–Kier alpha value is -2.86. The fourth-order valence-electron chi connectivity index (χ4n) is 1.56. The van der Waals surface area contributed by atoms with Crippen LogP contribution in [-0.2, 0) is 0 Å². The first-order valence-electron chi connectivity index (χ1n) is 7.74. The van der Waals surface area contributed by atoms with Crippen molar-refractivity contribution < 1.29 is 0 Å². The van der Waals surface area contributed by atoms with Crippen LogP contribution in [-0.4, -0.2) is 0 Å². The Kier molecular flexibility index (Phi) is 11.1. The van der Waals surface area contributed by atoms with Gasteiger partial charge in [-0.1, -0.05) is 133 Å². The summed E-state index contributed by atoms with van der Waals surface area (Å²) in [6.07, 6.45) is 0. The Bertz CT molecular complexity index is 616. The molecule has 0 saturated carbocycles. The van der Waals surface area contributed by atoms with Gasteiger partial charge in [0, 0.05) is 0 Å². The maximum atomic E-state index is 2.08. The summed E-state index contributed by atoms with van der Waals surface area (Å²) in [5.41, 5.74) is 1.21. The van der Waals surface area contributed by atoms with Gasteiger partial charge in [-0.25, -0.2) is 0 Å². The molecule has 1 rings (SSSR count). The zero-order valence-electron chi connectivity index (χ0n) is 13.6. The van der Waals surface area contributed by atoms with Crippen LogP contribution < -0.4 is 0 Å². The van der Waals surface area contributed by atoms with Crippen molar-refractivity contribution in [1.82, 2.24) is 0 Å². The molecule has 0 spiro atoms. The summed E-state index contributed by atoms with van der Waals surface area (Å²) in [6, 6.07) is 42.4. The second kappa shape index (κ2) is 14.1. The quantitative estimate of drug-likeness (QED) is 0.513. The van der Waals surface area contributed by atoms with Gasteiger partial charge in [0.2, 0.25) is 0 Å². The van der Waals surface area contributed by atoms with Gasteiger partial charge in [0.1, 0.15) is 0 Å². The minimum Gasteiger partial charge on any atom is -0.0623 e. The fourth-order valence-corrected chi connectivity index (χ4v) is 1.56. The molecule has 0 fully saturated rings. The maximum absolute atomic E-state index is 2.08. The van der Waals surface area contributed by atoms with Crippen molar-refractivity contribution in [2.75, 3.05) is 0 Å². The van der Waals surface area contributed by atoms with Crippen molar-refractivity contribution in [2.24, 2.45) is 0 Å². The lowest BCUT2D eigenvalue weighted by molar-refractivity contribution is 1.50. The summed E-state index contributed by atoms with van der Waals surface area (Å²) in [4.78, 5) is 0. The van der Waals surface area contributed by atoms with E-state index in [4.69, 9.17) is 0 Å². The SMILES string of the molecule is Cc1ccccccccccccccccccccc1. The summed E-state index contributed by atoms with van der Waals surface area (Å²) in [5, 5.41) is 0. The highest BCUT2D eigenvalue weighted by molar-refractivity contribution is 5.08. The van der Waals surface area contributed by atoms with E-state index in [1.807, 2.05) is 115 Å². The molecule has 0 atom stereocenters. The molecule has 0 amide bonds. The molecule has 1 aromatic carbocycles. The van der Waals surface area contributed by atoms with E-state index >= 15 is 0 Å². The van der Waals surface area contributed by atoms with Crippen LogP contribution in [0.1, 0.15) is 5.56 Å². The Labute approximate surface area is 140 Å². The first-order chi connectivity index (χ1) is 11.4. The third-order valence-corrected chi connectivity index (χ3v) is 2.72. The predicted molar refractivity (Wildman–Crippen MR) is 102 cm³/mol. The maximum Gasteiger partial charge on any atom is -0.0398 e. The van der Waals surface area contributed by atoms with Crippen molar-refractivity contribution in [3.05, 3.63) is 133 Å². The van der Waals surface area contributed by atoms with E-state index in [1.54, 1.807) is 0 Å². The molecule has 0 saturated heterocycles. The monoisotopic (exact) mass is 300 g/mol. The van der Waals surface area contributed by atoms with E-state index in [9.17, 15) is 0 Å². The van der Waals surface area contributed by atoms with E-state index < -0.39 is 0 Å². The molecule has 0 unspecified atom stereocenters. The van der Waals surface area contributed by atoms with Gasteiger partial charge < -0.3 is 0 Å². The number of aryl methyl sites for hydroxylation is 1. The van der Waals surface area contributed by atoms with Gasteiger partial charge in [0.15, 0.2) is 0 Å². The molecular formula is C23H24. The summed E-state index contributed by atoms with van der Waals surface area (Å²) < 4.78 is 0. The van der Waals surface area contributed by atoms with E-state index in [2.05, 4.69) is 19.1 Å². The third kappa shape index (κ3) is 12.6. The van der Waals surface area contributed by atoms with Gasteiger partial charge in [-0.15, -0.1) is 0 Å². The predicted octanol–water partition coefficient (Wildman–Crippen LogP) is 6.49. The molecule has 0 aliphatic heterocycles. The van der Waals surface area contributed by atoms with Gasteiger partial charge in [0.25, 0.3) is 0 Å². The molecule has 0 bridgehead atoms. The van der Waals surface area contributed by atoms with Crippen LogP contribution in [0.5, 0.6) is 0 Å². The second-order valence-electron chi connectivity index (χ2n) is 4.73. The standard InChI is InChI=1S/C23H24/c1-23-21-19-17-15-13-11-9-7-5-3-2-4-6-8-10-12-14-16-18-20-22-23/h2-22H,1H3. The molecule has 23 heavy (non-hydrogen) atoms. The molecule has 1 aromatic rings. The molecule has 0 aliphatic carbocycles. The lowest BCUT2D eigenvalue weighted by Gasteiger charge is -1.79. The topological polar surface area (TPSA) is 0 Å². The molecule has 0 radical (unpaired) electrons. The Morgan fingerprint density at radius 2 is 0.478 bits per heavy atom. The molecule has 0 aliphatic rings. The van der Waals surface area contributed by atoms with Crippen LogP contribution in [0.3, 0.4) is 0 Å². The van der Waals surface area contributed by atoms with Gasteiger partial charge in [-0.05, 0) is 6.92 Å². The Balaban J connectivity index is 3.09. The normalized spacial score (nSPS) is 8.22. The zero-order valence-corrected chi connectivity index (χ0v) is 13.6. The summed E-state index contributed by atoms with van der Waals surface area (Å²) in [7, 11) is 0. The lowest BCUT2D eigenvalue weighted by atomic mass is 10.3. The highest BCUT2D eigenvalue weighted by Crippen LogP contribution is 1.89. The number of rotatable bonds is 0. The average Bonchev–Trinajstić information content (AvgIpc) is 2.55. The molecule has 0 nitrogen and oxygen atoms in total. The molecule has 116 valence electrons. The smallest absolute Gasteiger partial charge is 0.0398 e. The summed E-state index contributed by atoms with van der Waals surface area (Å²) in [5.74, 6) is 0. The van der Waals surface area contributed by atoms with Crippen molar-refractivity contribution in [3.63, 3.8) is 0 Å². The highest BCUT2D eigenvalue weighted by atomic mass is 13.8. The second-order valence-corrected chi connectivity index (χ2v) is 4.73. The minimum absolute atomic E-state index is 1.21. The van der Waals surface area contributed by atoms with Crippen molar-refractivity contribution in [3.8, 4) is 0 Å². The van der Waals surface area contributed by atoms with E-state index in [0.717, 1.165) is 0 Å². The number of hydrogen-bond donors (Lipinski definition) is 0. The molecular weight excluding hydrogens is 276 g/mol. The van der Waals surface area contributed by atoms with E-state index in [-0.39, 0.29) is 0 Å². The van der Waals surface area contributed by atoms with Crippen LogP contribution >= 0.6 is 0 Å². The summed E-state index contributed by atoms with van der Waals surface area (Å²) in [6.45, 7) is 2.08. The average molecular weight is 300 g/mol. The van der Waals surface area contributed by atoms with Crippen LogP contribution in [0, 0.1) is 6.92 Å². The lowest BCUT2D eigenvalue weighted by Crippen LogP contribution is -1.59. The van der Waals surface area contributed by atoms with Crippen LogP contribution in [0.2, 0.25) is 0 Å². The molecule has 0 heterocycles. The van der Waals surface area contributed by atoms with Crippen molar-refractivity contribution in [2.45, 2.75) is 6.92 Å². The summed E-state index contributed by atoms with van der Waals surface area (Å²) >= 11 is 0. The van der Waals surface area contributed by atoms with Crippen LogP contribution in [0.4, 0.5) is 0 Å². The van der Waals surface area contributed by atoms with Gasteiger partial charge in [0.05, 0.1) is 0 Å².